The summed E-state index contributed by atoms with van der Waals surface area (Å²) in [7, 11) is 0. The van der Waals surface area contributed by atoms with E-state index in [0.29, 0.717) is 11.5 Å². The largest absolute Gasteiger partial charge is 0.509 e. The van der Waals surface area contributed by atoms with Gasteiger partial charge >= 0.3 is 0 Å². The molecule has 12 rings (SSSR count). The van der Waals surface area contributed by atoms with E-state index in [2.05, 4.69) is 196 Å². The molecule has 0 spiro atoms. The van der Waals surface area contributed by atoms with Gasteiger partial charge in [0.05, 0.1) is 17.1 Å². The quantitative estimate of drug-likeness (QED) is 0.160. The van der Waals surface area contributed by atoms with E-state index in [9.17, 15) is 0 Å². The first kappa shape index (κ1) is 38.6. The van der Waals surface area contributed by atoms with Gasteiger partial charge in [0.2, 0.25) is 0 Å². The monoisotopic (exact) mass is 989 g/mol. The van der Waals surface area contributed by atoms with Gasteiger partial charge in [-0.05, 0) is 93.5 Å². The Balaban J connectivity index is 0.00000432. The Morgan fingerprint density at radius 2 is 1.31 bits per heavy atom. The average molecular weight is 990 g/mol. The van der Waals surface area contributed by atoms with E-state index in [1.807, 2.05) is 24.4 Å². The summed E-state index contributed by atoms with van der Waals surface area (Å²) in [5.41, 5.74) is 13.3. The van der Waals surface area contributed by atoms with Crippen molar-refractivity contribution >= 4 is 50.2 Å². The van der Waals surface area contributed by atoms with Crippen LogP contribution < -0.4 is 24.2 Å². The molecule has 0 atom stereocenters. The number of hydrogen-bond acceptors (Lipinski definition) is 6. The Morgan fingerprint density at radius 3 is 2.02 bits per heavy atom. The third-order valence-electron chi connectivity index (χ3n) is 13.3. The summed E-state index contributed by atoms with van der Waals surface area (Å²) < 4.78 is 15.4. The van der Waals surface area contributed by atoms with Crippen LogP contribution in [0.25, 0.3) is 27.6 Å². The normalized spacial score (nSPS) is 16.0. The van der Waals surface area contributed by atoms with Gasteiger partial charge in [0, 0.05) is 60.8 Å². The minimum absolute atomic E-state index is 0. The second-order valence-electron chi connectivity index (χ2n) is 18.7. The van der Waals surface area contributed by atoms with E-state index in [1.54, 1.807) is 0 Å². The first-order valence-corrected chi connectivity index (χ1v) is 21.0. The van der Waals surface area contributed by atoms with Crippen molar-refractivity contribution in [3.8, 4) is 28.8 Å². The molecule has 0 bridgehead atoms. The Bertz CT molecular complexity index is 3120. The van der Waals surface area contributed by atoms with Gasteiger partial charge < -0.3 is 28.7 Å². The topological polar surface area (TPSA) is 46.0 Å². The van der Waals surface area contributed by atoms with Crippen LogP contribution in [-0.4, -0.2) is 9.55 Å². The fourth-order valence-corrected chi connectivity index (χ4v) is 9.98. The minimum atomic E-state index is -0.269. The van der Waals surface area contributed by atoms with E-state index in [-0.39, 0.29) is 37.3 Å². The number of hydrogen-bond donors (Lipinski definition) is 0. The third kappa shape index (κ3) is 5.50. The van der Waals surface area contributed by atoms with E-state index >= 15 is 0 Å². The van der Waals surface area contributed by atoms with Crippen molar-refractivity contribution in [2.45, 2.75) is 64.7 Å². The van der Waals surface area contributed by atoms with E-state index in [0.717, 1.165) is 61.9 Å². The maximum Gasteiger partial charge on any atom is 0.151 e. The number of ether oxygens (including phenoxy) is 2. The Morgan fingerprint density at radius 1 is 0.645 bits per heavy atom. The number of benzene rings is 6. The van der Waals surface area contributed by atoms with E-state index < -0.39 is 0 Å². The molecule has 8 aromatic rings. The molecule has 0 unspecified atom stereocenters. The average Bonchev–Trinajstić information content (AvgIpc) is 3.88. The molecule has 0 radical (unpaired) electrons. The first-order valence-electron chi connectivity index (χ1n) is 21.0. The van der Waals surface area contributed by atoms with E-state index in [4.69, 9.17) is 14.5 Å². The number of fused-ring (bicyclic) bond motifs is 3. The van der Waals surface area contributed by atoms with Crippen molar-refractivity contribution in [3.05, 3.63) is 180 Å². The zero-order valence-electron chi connectivity index (χ0n) is 35.6. The number of nitrogens with zero attached hydrogens (tertiary/aromatic N) is 5. The molecule has 0 amide bonds. The Hall–Kier alpha value is -6.30. The number of para-hydroxylation sites is 3. The fraction of sp³-hybridized carbons (Fsp3) is 0.185. The minimum Gasteiger partial charge on any atom is -0.509 e. The van der Waals surface area contributed by atoms with Gasteiger partial charge in [-0.2, -0.15) is 12.1 Å². The summed E-state index contributed by atoms with van der Waals surface area (Å²) in [6, 6.07) is 47.7. The van der Waals surface area contributed by atoms with Gasteiger partial charge in [-0.25, -0.2) is 4.98 Å². The van der Waals surface area contributed by atoms with Crippen molar-refractivity contribution in [1.82, 2.24) is 9.55 Å². The smallest absolute Gasteiger partial charge is 0.151 e. The first-order chi connectivity index (χ1) is 29.4. The zero-order valence-corrected chi connectivity index (χ0v) is 37.9. The molecule has 310 valence electrons. The SMILES string of the molecule is CC(C)(C)c1ccnc(-n2c3[c-]c(Oc4[c-]c(N5C=CN(c6cc7c8c(c6)C(C)(C)c6cccc9c6N8c6c(cccc6C7(C)C)O9)[CH-]5)ccc4)ccc3c3ccccc32)c1.[Pt]. The van der Waals surface area contributed by atoms with Crippen molar-refractivity contribution in [1.29, 1.82) is 0 Å². The number of anilines is 5. The predicted molar refractivity (Wildman–Crippen MR) is 245 cm³/mol. The molecule has 0 fully saturated rings. The summed E-state index contributed by atoms with van der Waals surface area (Å²) in [6.07, 6.45) is 6.10. The Labute approximate surface area is 377 Å². The van der Waals surface area contributed by atoms with Gasteiger partial charge in [0.1, 0.15) is 5.82 Å². The standard InChI is InChI=1S/C54H44N5O2.Pt/c1-52(2,3)33-23-24-55-48(27-33)58-44-18-9-8-15-38(44)39-22-21-37(31-45(39)58)60-36-14-10-13-34(28-36)56-25-26-57(32-56)35-29-42-49-43(30-35)54(6,7)41-17-12-20-47-51(41)59(49)50-40(53(42,4)5)16-11-19-46(50)61-47;/h8-27,29-30,32H,1-7H3;/q-3;. The third-order valence-corrected chi connectivity index (χ3v) is 13.3. The number of aromatic nitrogens is 2. The molecule has 6 heterocycles. The summed E-state index contributed by atoms with van der Waals surface area (Å²) >= 11 is 0. The van der Waals surface area contributed by atoms with Crippen LogP contribution in [0, 0.1) is 18.8 Å². The molecule has 0 aliphatic carbocycles. The maximum atomic E-state index is 6.61. The van der Waals surface area contributed by atoms with Crippen molar-refractivity contribution in [2.24, 2.45) is 0 Å². The molecule has 0 saturated carbocycles. The molecule has 62 heavy (non-hydrogen) atoms. The van der Waals surface area contributed by atoms with Crippen LogP contribution in [0.5, 0.6) is 23.0 Å². The number of rotatable bonds is 5. The zero-order chi connectivity index (χ0) is 41.6. The maximum absolute atomic E-state index is 6.61. The molecule has 2 aromatic heterocycles. The molecule has 4 aliphatic heterocycles. The van der Waals surface area contributed by atoms with Crippen molar-refractivity contribution in [3.63, 3.8) is 0 Å². The van der Waals surface area contributed by atoms with Crippen LogP contribution in [0.15, 0.2) is 134 Å². The molecular weight excluding hydrogens is 946 g/mol. The molecule has 0 N–H and O–H groups in total. The van der Waals surface area contributed by atoms with Crippen LogP contribution in [0.2, 0.25) is 0 Å². The van der Waals surface area contributed by atoms with Gasteiger partial charge in [-0.3, -0.25) is 0 Å². The van der Waals surface area contributed by atoms with E-state index in [1.165, 1.54) is 33.5 Å². The molecule has 6 aromatic carbocycles. The summed E-state index contributed by atoms with van der Waals surface area (Å²) in [5, 5.41) is 2.24. The summed E-state index contributed by atoms with van der Waals surface area (Å²) in [5.74, 6) is 3.88. The molecule has 4 aliphatic rings. The predicted octanol–water partition coefficient (Wildman–Crippen LogP) is 13.6. The van der Waals surface area contributed by atoms with Crippen LogP contribution in [-0.2, 0) is 37.3 Å². The van der Waals surface area contributed by atoms with Crippen LogP contribution >= 0.6 is 0 Å². The molecule has 8 heteroatoms. The Kier molecular flexibility index (Phi) is 8.31. The second-order valence-corrected chi connectivity index (χ2v) is 18.7. The van der Waals surface area contributed by atoms with Crippen molar-refractivity contribution in [2.75, 3.05) is 14.7 Å². The van der Waals surface area contributed by atoms with Crippen molar-refractivity contribution < 1.29 is 30.5 Å². The second kappa shape index (κ2) is 13.3. The number of pyridine rings is 1. The molecule has 7 nitrogen and oxygen atoms in total. The summed E-state index contributed by atoms with van der Waals surface area (Å²) in [6.45, 7) is 18.2. The van der Waals surface area contributed by atoms with Crippen LogP contribution in [0.1, 0.15) is 76.3 Å². The van der Waals surface area contributed by atoms with Crippen LogP contribution in [0.4, 0.5) is 28.4 Å². The molecule has 0 saturated heterocycles. The van der Waals surface area contributed by atoms with Gasteiger partial charge in [-0.15, -0.1) is 48.1 Å². The summed E-state index contributed by atoms with van der Waals surface area (Å²) in [4.78, 5) is 11.6. The molecular formula is C54H44N5O2Pt-3. The van der Waals surface area contributed by atoms with Crippen LogP contribution in [0.3, 0.4) is 0 Å². The fourth-order valence-electron chi connectivity index (χ4n) is 9.98. The van der Waals surface area contributed by atoms with Gasteiger partial charge in [0.25, 0.3) is 0 Å². The van der Waals surface area contributed by atoms with Gasteiger partial charge in [0.15, 0.2) is 11.5 Å². The van der Waals surface area contributed by atoms with Gasteiger partial charge in [-0.1, -0.05) is 96.4 Å².